The fourth-order valence-corrected chi connectivity index (χ4v) is 3.90. The molecule has 1 heterocycles. The summed E-state index contributed by atoms with van der Waals surface area (Å²) >= 11 is 0. The van der Waals surface area contributed by atoms with E-state index in [1.807, 2.05) is 70.3 Å². The van der Waals surface area contributed by atoms with Crippen LogP contribution in [0, 0.1) is 6.92 Å². The molecule has 0 saturated heterocycles. The lowest BCUT2D eigenvalue weighted by Crippen LogP contribution is -2.31. The van der Waals surface area contributed by atoms with Gasteiger partial charge in [0, 0.05) is 25.0 Å². The van der Waals surface area contributed by atoms with Crippen molar-refractivity contribution in [2.24, 2.45) is 0 Å². The number of nitrogens with zero attached hydrogens (tertiary/aromatic N) is 1. The summed E-state index contributed by atoms with van der Waals surface area (Å²) in [6, 6.07) is 18.3. The van der Waals surface area contributed by atoms with Crippen LogP contribution < -0.4 is 15.4 Å². The number of pyridine rings is 1. The van der Waals surface area contributed by atoms with Gasteiger partial charge in [-0.05, 0) is 54.2 Å². The average Bonchev–Trinajstić information content (AvgIpc) is 2.89. The maximum absolute atomic E-state index is 12.9. The molecule has 2 atom stereocenters. The second kappa shape index (κ2) is 13.7. The number of likely N-dealkylation sites (N-methyl/N-ethyl adjacent to an activating group) is 1. The fraction of sp³-hybridized carbons (Fsp3) is 0.345. The van der Waals surface area contributed by atoms with Crippen molar-refractivity contribution < 1.29 is 17.9 Å². The molecule has 0 aliphatic carbocycles. The Balaban J connectivity index is 0.00000222. The Bertz CT molecular complexity index is 1080. The zero-order valence-corrected chi connectivity index (χ0v) is 21.6. The lowest BCUT2D eigenvalue weighted by Gasteiger charge is -2.28. The van der Waals surface area contributed by atoms with E-state index in [1.165, 1.54) is 12.3 Å². The summed E-state index contributed by atoms with van der Waals surface area (Å²) in [7, 11) is 3.47. The normalized spacial score (nSPS) is 12.7. The van der Waals surface area contributed by atoms with Gasteiger partial charge in [0.05, 0.1) is 13.2 Å². The van der Waals surface area contributed by atoms with E-state index in [-0.39, 0.29) is 12.1 Å². The highest BCUT2D eigenvalue weighted by molar-refractivity contribution is 5.38. The summed E-state index contributed by atoms with van der Waals surface area (Å²) in [5.41, 5.74) is 3.81. The summed E-state index contributed by atoms with van der Waals surface area (Å²) in [5, 5.41) is 6.86. The van der Waals surface area contributed by atoms with Crippen LogP contribution in [-0.4, -0.2) is 19.1 Å². The average molecular weight is 500 g/mol. The predicted molar refractivity (Wildman–Crippen MR) is 140 cm³/mol. The Morgan fingerprint density at radius 3 is 2.25 bits per heavy atom. The third-order valence-electron chi connectivity index (χ3n) is 5.83. The number of hydrogen-bond donors (Lipinski definition) is 2. The fourth-order valence-electron chi connectivity index (χ4n) is 3.90. The smallest absolute Gasteiger partial charge is 0.433 e. The first-order chi connectivity index (χ1) is 17.2. The minimum Gasteiger partial charge on any atom is -0.496 e. The van der Waals surface area contributed by atoms with Crippen LogP contribution in [0.2, 0.25) is 0 Å². The second-order valence-corrected chi connectivity index (χ2v) is 8.16. The maximum Gasteiger partial charge on any atom is 0.433 e. The van der Waals surface area contributed by atoms with E-state index in [4.69, 9.17) is 4.74 Å². The Morgan fingerprint density at radius 2 is 1.72 bits per heavy atom. The number of nitrogens with one attached hydrogen (secondary N) is 2. The number of ether oxygens (including phenoxy) is 1. The standard InChI is InChI=1S/C27H30F3N3O.C2H6/c1-18-16-22(12-14-24(18)34-4)23(13-10-20-11-15-25(32-17-20)27(28,29)30)33-26(19(2)31-3)21-8-6-5-7-9-21;1-2/h5-9,11-12,14-17,23,26,31,33H,2,10,13H2,1,3-4H3;1-2H3. The van der Waals surface area contributed by atoms with Crippen LogP contribution in [0.1, 0.15) is 60.3 Å². The molecule has 3 aromatic rings. The molecule has 1 aromatic heterocycles. The zero-order valence-electron chi connectivity index (χ0n) is 21.6. The van der Waals surface area contributed by atoms with Crippen LogP contribution in [0.5, 0.6) is 5.75 Å². The van der Waals surface area contributed by atoms with Crippen molar-refractivity contribution >= 4 is 0 Å². The predicted octanol–water partition coefficient (Wildman–Crippen LogP) is 7.18. The van der Waals surface area contributed by atoms with E-state index in [2.05, 4.69) is 28.3 Å². The molecule has 0 fully saturated rings. The number of aromatic nitrogens is 1. The van der Waals surface area contributed by atoms with Gasteiger partial charge in [-0.3, -0.25) is 10.3 Å². The summed E-state index contributed by atoms with van der Waals surface area (Å²) in [6.45, 7) is 10.2. The van der Waals surface area contributed by atoms with Crippen molar-refractivity contribution in [2.45, 2.75) is 51.9 Å². The van der Waals surface area contributed by atoms with Crippen LogP contribution in [0.15, 0.2) is 79.1 Å². The minimum atomic E-state index is -4.44. The van der Waals surface area contributed by atoms with Gasteiger partial charge in [0.1, 0.15) is 11.4 Å². The van der Waals surface area contributed by atoms with Crippen LogP contribution in [0.3, 0.4) is 0 Å². The van der Waals surface area contributed by atoms with Crippen LogP contribution in [0.4, 0.5) is 13.2 Å². The summed E-state index contributed by atoms with van der Waals surface area (Å²) in [5.74, 6) is 0.800. The first-order valence-corrected chi connectivity index (χ1v) is 12.1. The van der Waals surface area contributed by atoms with E-state index in [1.54, 1.807) is 7.11 Å². The quantitative estimate of drug-likeness (QED) is 0.310. The molecule has 0 aliphatic heterocycles. The van der Waals surface area contributed by atoms with Crippen molar-refractivity contribution in [3.05, 3.63) is 107 Å². The molecule has 0 bridgehead atoms. The molecule has 36 heavy (non-hydrogen) atoms. The van der Waals surface area contributed by atoms with E-state index < -0.39 is 11.9 Å². The van der Waals surface area contributed by atoms with Crippen LogP contribution in [0.25, 0.3) is 0 Å². The minimum absolute atomic E-state index is 0.0952. The largest absolute Gasteiger partial charge is 0.496 e. The molecule has 194 valence electrons. The van der Waals surface area contributed by atoms with E-state index in [0.29, 0.717) is 12.8 Å². The van der Waals surface area contributed by atoms with Crippen molar-refractivity contribution in [2.75, 3.05) is 14.2 Å². The summed E-state index contributed by atoms with van der Waals surface area (Å²) < 4.78 is 44.0. The number of rotatable bonds is 10. The van der Waals surface area contributed by atoms with Gasteiger partial charge < -0.3 is 10.1 Å². The number of halogens is 3. The van der Waals surface area contributed by atoms with Gasteiger partial charge >= 0.3 is 6.18 Å². The summed E-state index contributed by atoms with van der Waals surface area (Å²) in [4.78, 5) is 3.60. The number of aryl methyl sites for hydroxylation is 2. The van der Waals surface area contributed by atoms with Gasteiger partial charge in [0.15, 0.2) is 0 Å². The molecule has 0 radical (unpaired) electrons. The van der Waals surface area contributed by atoms with Crippen molar-refractivity contribution in [3.63, 3.8) is 0 Å². The molecule has 2 N–H and O–H groups in total. The molecule has 0 amide bonds. The first kappa shape index (κ1) is 28.9. The van der Waals surface area contributed by atoms with Crippen molar-refractivity contribution in [1.29, 1.82) is 0 Å². The number of methoxy groups -OCH3 is 1. The first-order valence-electron chi connectivity index (χ1n) is 12.1. The molecule has 0 spiro atoms. The highest BCUT2D eigenvalue weighted by Gasteiger charge is 2.32. The monoisotopic (exact) mass is 499 g/mol. The van der Waals surface area contributed by atoms with Gasteiger partial charge in [0.25, 0.3) is 0 Å². The molecular weight excluding hydrogens is 463 g/mol. The molecule has 0 aliphatic rings. The van der Waals surface area contributed by atoms with Gasteiger partial charge in [0.2, 0.25) is 0 Å². The Kier molecular flexibility index (Phi) is 11.0. The molecule has 2 unspecified atom stereocenters. The second-order valence-electron chi connectivity index (χ2n) is 8.16. The third-order valence-corrected chi connectivity index (χ3v) is 5.83. The zero-order chi connectivity index (χ0) is 26.7. The van der Waals surface area contributed by atoms with Gasteiger partial charge in [-0.15, -0.1) is 0 Å². The van der Waals surface area contributed by atoms with Crippen molar-refractivity contribution in [3.8, 4) is 5.75 Å². The van der Waals surface area contributed by atoms with Gasteiger partial charge in [-0.25, -0.2) is 0 Å². The number of benzene rings is 2. The molecule has 3 rings (SSSR count). The highest BCUT2D eigenvalue weighted by atomic mass is 19.4. The molecule has 7 heteroatoms. The lowest BCUT2D eigenvalue weighted by atomic mass is 9.95. The van der Waals surface area contributed by atoms with Gasteiger partial charge in [-0.2, -0.15) is 13.2 Å². The van der Waals surface area contributed by atoms with Gasteiger partial charge in [-0.1, -0.05) is 69.0 Å². The Hall–Kier alpha value is -3.32. The summed E-state index contributed by atoms with van der Waals surface area (Å²) in [6.07, 6.45) is -1.93. The third kappa shape index (κ3) is 7.85. The van der Waals surface area contributed by atoms with Crippen molar-refractivity contribution in [1.82, 2.24) is 15.6 Å². The lowest BCUT2D eigenvalue weighted by molar-refractivity contribution is -0.141. The van der Waals surface area contributed by atoms with Crippen LogP contribution >= 0.6 is 0 Å². The topological polar surface area (TPSA) is 46.2 Å². The Labute approximate surface area is 212 Å². The molecule has 4 nitrogen and oxygen atoms in total. The molecule has 0 saturated carbocycles. The number of hydrogen-bond acceptors (Lipinski definition) is 4. The van der Waals surface area contributed by atoms with E-state index in [9.17, 15) is 13.2 Å². The number of alkyl halides is 3. The SMILES string of the molecule is C=C(NC)C(NC(CCc1ccc(C(F)(F)F)nc1)c1ccc(OC)c(C)c1)c1ccccc1.CC. The van der Waals surface area contributed by atoms with E-state index in [0.717, 1.165) is 39.8 Å². The maximum atomic E-state index is 12.9. The van der Waals surface area contributed by atoms with E-state index >= 15 is 0 Å². The highest BCUT2D eigenvalue weighted by Crippen LogP contribution is 2.31. The Morgan fingerprint density at radius 1 is 1.03 bits per heavy atom. The van der Waals surface area contributed by atoms with Crippen LogP contribution in [-0.2, 0) is 12.6 Å². The molecular formula is C29H36F3N3O. The molecule has 2 aromatic carbocycles.